The molecule has 46 heavy (non-hydrogen) atoms. The number of benzene rings is 2. The van der Waals surface area contributed by atoms with Gasteiger partial charge in [-0.25, -0.2) is 18.2 Å². The number of esters is 1. The van der Waals surface area contributed by atoms with Gasteiger partial charge in [0.05, 0.1) is 17.9 Å². The molecule has 0 fully saturated rings. The Labute approximate surface area is 265 Å². The van der Waals surface area contributed by atoms with Gasteiger partial charge in [-0.1, -0.05) is 36.9 Å². The van der Waals surface area contributed by atoms with E-state index in [2.05, 4.69) is 32.3 Å². The smallest absolute Gasteiger partial charge is 0.338 e. The van der Waals surface area contributed by atoms with Crippen molar-refractivity contribution in [1.29, 1.82) is 0 Å². The summed E-state index contributed by atoms with van der Waals surface area (Å²) >= 11 is 0. The summed E-state index contributed by atoms with van der Waals surface area (Å²) in [5, 5.41) is 10.0. The fourth-order valence-electron chi connectivity index (χ4n) is 6.04. The molecule has 2 aromatic heterocycles. The maximum absolute atomic E-state index is 13.6. The van der Waals surface area contributed by atoms with Crippen LogP contribution < -0.4 is 10.6 Å². The van der Waals surface area contributed by atoms with Gasteiger partial charge >= 0.3 is 5.97 Å². The molecule has 3 heterocycles. The normalized spacial score (nSPS) is 16.0. The molecule has 0 bridgehead atoms. The predicted octanol–water partition coefficient (Wildman–Crippen LogP) is 2.44. The van der Waals surface area contributed by atoms with E-state index in [0.717, 1.165) is 33.4 Å². The molecular formula is C32H33N7O6S. The Hall–Kier alpha value is -4.95. The van der Waals surface area contributed by atoms with E-state index in [1.807, 2.05) is 31.2 Å². The minimum Gasteiger partial charge on any atom is -0.458 e. The number of carbonyl (C=O) groups excluding carboxylic acids is 3. The summed E-state index contributed by atoms with van der Waals surface area (Å²) in [6.45, 7) is 6.46. The van der Waals surface area contributed by atoms with Crippen LogP contribution in [0.3, 0.4) is 0 Å². The number of carbonyl (C=O) groups is 3. The van der Waals surface area contributed by atoms with Gasteiger partial charge < -0.3 is 15.4 Å². The number of hydrogen-bond acceptors (Lipinski definition) is 9. The van der Waals surface area contributed by atoms with Crippen LogP contribution in [0, 0.1) is 6.92 Å². The lowest BCUT2D eigenvalue weighted by Gasteiger charge is -2.27. The van der Waals surface area contributed by atoms with Gasteiger partial charge in [0.25, 0.3) is 17.6 Å². The Kier molecular flexibility index (Phi) is 8.40. The Balaban J connectivity index is 1.17. The van der Waals surface area contributed by atoms with Crippen molar-refractivity contribution in [3.05, 3.63) is 106 Å². The van der Waals surface area contributed by atoms with Crippen molar-refractivity contribution in [3.8, 4) is 0 Å². The maximum atomic E-state index is 13.6. The monoisotopic (exact) mass is 643 g/mol. The number of sulfonamides is 1. The number of fused-ring (bicyclic) bond motifs is 3. The zero-order chi connectivity index (χ0) is 32.6. The zero-order valence-corrected chi connectivity index (χ0v) is 26.3. The Bertz CT molecular complexity index is 2010. The fourth-order valence-corrected chi connectivity index (χ4v) is 6.83. The summed E-state index contributed by atoms with van der Waals surface area (Å²) in [5.41, 5.74) is 6.08. The van der Waals surface area contributed by atoms with Gasteiger partial charge in [-0.05, 0) is 65.6 Å². The highest BCUT2D eigenvalue weighted by molar-refractivity contribution is 7.88. The molecule has 0 spiro atoms. The first kappa shape index (κ1) is 31.0. The Morgan fingerprint density at radius 2 is 1.93 bits per heavy atom. The lowest BCUT2D eigenvalue weighted by molar-refractivity contribution is 0.0548. The highest BCUT2D eigenvalue weighted by atomic mass is 32.2. The summed E-state index contributed by atoms with van der Waals surface area (Å²) in [7, 11) is -3.31. The zero-order valence-electron chi connectivity index (χ0n) is 25.4. The van der Waals surface area contributed by atoms with Gasteiger partial charge in [-0.15, -0.1) is 0 Å². The minimum atomic E-state index is -3.31. The molecule has 2 aromatic carbocycles. The molecule has 0 unspecified atom stereocenters. The van der Waals surface area contributed by atoms with E-state index in [1.54, 1.807) is 6.07 Å². The molecule has 14 heteroatoms. The second-order valence-electron chi connectivity index (χ2n) is 11.4. The van der Waals surface area contributed by atoms with Gasteiger partial charge in [0.15, 0.2) is 0 Å². The number of rotatable bonds is 9. The number of hydrogen-bond donors (Lipinski definition) is 2. The third-order valence-corrected chi connectivity index (χ3v) is 9.69. The second kappa shape index (κ2) is 12.4. The third kappa shape index (κ3) is 6.13. The van der Waals surface area contributed by atoms with Gasteiger partial charge in [0.1, 0.15) is 24.3 Å². The first-order chi connectivity index (χ1) is 22.0. The number of nitrogens with zero attached hydrogens (tertiary/aromatic N) is 5. The van der Waals surface area contributed by atoms with E-state index in [-0.39, 0.29) is 42.9 Å². The van der Waals surface area contributed by atoms with Crippen LogP contribution in [0.5, 0.6) is 0 Å². The highest BCUT2D eigenvalue weighted by Crippen LogP contribution is 2.35. The van der Waals surface area contributed by atoms with Crippen LogP contribution in [-0.2, 0) is 40.7 Å². The van der Waals surface area contributed by atoms with Crippen molar-refractivity contribution in [1.82, 2.24) is 34.5 Å². The van der Waals surface area contributed by atoms with E-state index >= 15 is 0 Å². The lowest BCUT2D eigenvalue weighted by atomic mass is 9.98. The number of aromatic nitrogens is 4. The standard InChI is InChI=1S/C32H33N7O6S/c1-4-13-45-31(42)24-7-8-25-23(19(24)2)9-10-26(25)36-30(41)28-15-27(37-32-34-18-35-39(28)32)29(40)33-16-20-5-6-21-11-12-38(46(3,43)44)17-22(21)14-20/h4-8,14-15,18,26H,1,9-13,16-17H2,2-3H3,(H,33,40)(H,36,41)/t26-/m0/s1. The first-order valence-electron chi connectivity index (χ1n) is 14.8. The maximum Gasteiger partial charge on any atom is 0.338 e. The van der Waals surface area contributed by atoms with E-state index in [9.17, 15) is 22.8 Å². The van der Waals surface area contributed by atoms with Crippen LogP contribution in [0.4, 0.5) is 0 Å². The van der Waals surface area contributed by atoms with E-state index < -0.39 is 27.8 Å². The van der Waals surface area contributed by atoms with Crippen molar-refractivity contribution in [2.45, 2.75) is 45.3 Å². The number of ether oxygens (including phenoxy) is 1. The molecule has 0 saturated heterocycles. The van der Waals surface area contributed by atoms with E-state index in [4.69, 9.17) is 4.74 Å². The largest absolute Gasteiger partial charge is 0.458 e. The molecule has 0 saturated carbocycles. The average Bonchev–Trinajstić information content (AvgIpc) is 3.69. The summed E-state index contributed by atoms with van der Waals surface area (Å²) in [6.07, 6.45) is 5.90. The molecule has 1 atom stereocenters. The Morgan fingerprint density at radius 3 is 2.72 bits per heavy atom. The van der Waals surface area contributed by atoms with Crippen molar-refractivity contribution in [2.75, 3.05) is 19.4 Å². The summed E-state index contributed by atoms with van der Waals surface area (Å²) in [6, 6.07) is 10.4. The van der Waals surface area contributed by atoms with Crippen LogP contribution in [0.1, 0.15) is 77.2 Å². The predicted molar refractivity (Wildman–Crippen MR) is 168 cm³/mol. The van der Waals surface area contributed by atoms with Crippen LogP contribution in [-0.4, -0.2) is 69.5 Å². The topological polar surface area (TPSA) is 165 Å². The van der Waals surface area contributed by atoms with Crippen molar-refractivity contribution in [2.24, 2.45) is 0 Å². The van der Waals surface area contributed by atoms with Gasteiger partial charge in [0.2, 0.25) is 10.0 Å². The summed E-state index contributed by atoms with van der Waals surface area (Å²) < 4.78 is 32.0. The average molecular weight is 644 g/mol. The van der Waals surface area contributed by atoms with E-state index in [1.165, 1.54) is 33.5 Å². The molecule has 2 amide bonds. The van der Waals surface area contributed by atoms with E-state index in [0.29, 0.717) is 31.4 Å². The molecule has 13 nitrogen and oxygen atoms in total. The molecule has 2 N–H and O–H groups in total. The first-order valence-corrected chi connectivity index (χ1v) is 16.6. The molecule has 6 rings (SSSR count). The quantitative estimate of drug-likeness (QED) is 0.206. The van der Waals surface area contributed by atoms with Gasteiger partial charge in [-0.3, -0.25) is 9.59 Å². The number of amides is 2. The highest BCUT2D eigenvalue weighted by Gasteiger charge is 2.29. The molecular weight excluding hydrogens is 610 g/mol. The van der Waals surface area contributed by atoms with Crippen LogP contribution in [0.15, 0.2) is 55.4 Å². The molecule has 0 radical (unpaired) electrons. The second-order valence-corrected chi connectivity index (χ2v) is 13.4. The Morgan fingerprint density at radius 1 is 1.11 bits per heavy atom. The van der Waals surface area contributed by atoms with Crippen LogP contribution in [0.2, 0.25) is 0 Å². The molecule has 2 aliphatic rings. The van der Waals surface area contributed by atoms with Crippen LogP contribution >= 0.6 is 0 Å². The number of nitrogens with one attached hydrogen (secondary N) is 2. The third-order valence-electron chi connectivity index (χ3n) is 8.44. The molecule has 4 aromatic rings. The summed E-state index contributed by atoms with van der Waals surface area (Å²) in [5.74, 6) is -1.29. The fraction of sp³-hybridized carbons (Fsp3) is 0.312. The molecule has 1 aliphatic carbocycles. The SMILES string of the molecule is C=CCOC(=O)c1ccc2c(c1C)CC[C@@H]2NC(=O)c1cc(C(=O)NCc2ccc3c(c2)CN(S(C)(=O)=O)CC3)nc2ncnn12. The van der Waals surface area contributed by atoms with Crippen molar-refractivity contribution >= 4 is 33.6 Å². The molecule has 238 valence electrons. The van der Waals surface area contributed by atoms with Crippen molar-refractivity contribution < 1.29 is 27.5 Å². The van der Waals surface area contributed by atoms with Gasteiger partial charge in [-0.2, -0.15) is 18.9 Å². The molecule has 1 aliphatic heterocycles. The minimum absolute atomic E-state index is 0.00259. The van der Waals surface area contributed by atoms with Crippen LogP contribution in [0.25, 0.3) is 5.78 Å². The van der Waals surface area contributed by atoms with Gasteiger partial charge in [0, 0.05) is 25.7 Å². The lowest BCUT2D eigenvalue weighted by Crippen LogP contribution is -2.35. The van der Waals surface area contributed by atoms with Crippen molar-refractivity contribution in [3.63, 3.8) is 0 Å². The summed E-state index contributed by atoms with van der Waals surface area (Å²) in [4.78, 5) is 47.7.